The van der Waals surface area contributed by atoms with Crippen molar-refractivity contribution in [3.8, 4) is 0 Å². The summed E-state index contributed by atoms with van der Waals surface area (Å²) in [5, 5.41) is 4.00. The Morgan fingerprint density at radius 2 is 1.81 bits per heavy atom. The smallest absolute Gasteiger partial charge is 0.321 e. The van der Waals surface area contributed by atoms with Crippen LogP contribution in [0.4, 0.5) is 0 Å². The Hall–Kier alpha value is -2.48. The Morgan fingerprint density at radius 1 is 1.08 bits per heavy atom. The molecule has 0 saturated heterocycles. The van der Waals surface area contributed by atoms with Crippen molar-refractivity contribution in [1.82, 2.24) is 4.72 Å². The summed E-state index contributed by atoms with van der Waals surface area (Å²) < 4.78 is 32.3. The highest BCUT2D eigenvalue weighted by Gasteiger charge is 2.11. The van der Waals surface area contributed by atoms with E-state index in [1.54, 1.807) is 23.5 Å². The number of benzene rings is 2. The molecule has 0 atom stereocenters. The van der Waals surface area contributed by atoms with E-state index in [1.165, 1.54) is 6.08 Å². The molecular weight excluding hydrogens is 370 g/mol. The molecule has 7 heteroatoms. The van der Waals surface area contributed by atoms with E-state index in [4.69, 9.17) is 4.74 Å². The molecule has 1 heterocycles. The fourth-order valence-corrected chi connectivity index (χ4v) is 3.99. The van der Waals surface area contributed by atoms with Crippen LogP contribution in [0.5, 0.6) is 0 Å². The number of fused-ring (bicyclic) bond motifs is 1. The van der Waals surface area contributed by atoms with Crippen LogP contribution in [0.15, 0.2) is 65.4 Å². The molecule has 1 N–H and O–H groups in total. The largest absolute Gasteiger partial charge is 0.460 e. The highest BCUT2D eigenvalue weighted by atomic mass is 32.2. The van der Waals surface area contributed by atoms with Crippen LogP contribution in [0.25, 0.3) is 16.2 Å². The molecule has 3 rings (SSSR count). The average molecular weight is 387 g/mol. The van der Waals surface area contributed by atoms with Crippen molar-refractivity contribution in [2.45, 2.75) is 6.61 Å². The number of thiophene rings is 1. The summed E-state index contributed by atoms with van der Waals surface area (Å²) in [6, 6.07) is 16.9. The minimum atomic E-state index is -3.71. The number of carbonyl (C=O) groups is 1. The number of hydrogen-bond acceptors (Lipinski definition) is 5. The van der Waals surface area contributed by atoms with Crippen LogP contribution in [-0.4, -0.2) is 20.9 Å². The molecule has 0 unspecified atom stereocenters. The highest BCUT2D eigenvalue weighted by Crippen LogP contribution is 2.26. The molecular formula is C19H17NO4S2. The molecule has 0 saturated carbocycles. The molecule has 0 radical (unpaired) electrons. The van der Waals surface area contributed by atoms with Gasteiger partial charge >= 0.3 is 5.97 Å². The normalized spacial score (nSPS) is 11.8. The monoisotopic (exact) mass is 387 g/mol. The Bertz CT molecular complexity index is 1020. The van der Waals surface area contributed by atoms with E-state index < -0.39 is 22.5 Å². The van der Waals surface area contributed by atoms with Crippen LogP contribution in [0.3, 0.4) is 0 Å². The minimum absolute atomic E-state index is 0.116. The summed E-state index contributed by atoms with van der Waals surface area (Å²) in [5.41, 5.74) is 1.66. The quantitative estimate of drug-likeness (QED) is 0.630. The van der Waals surface area contributed by atoms with E-state index in [0.717, 1.165) is 26.6 Å². The van der Waals surface area contributed by atoms with E-state index in [2.05, 4.69) is 4.72 Å². The fraction of sp³-hybridized carbons (Fsp3) is 0.105. The van der Waals surface area contributed by atoms with E-state index in [0.29, 0.717) is 0 Å². The van der Waals surface area contributed by atoms with Gasteiger partial charge in [-0.25, -0.2) is 13.1 Å². The van der Waals surface area contributed by atoms with Crippen LogP contribution in [-0.2, 0) is 26.2 Å². The molecule has 2 aromatic carbocycles. The second-order valence-electron chi connectivity index (χ2n) is 5.50. The van der Waals surface area contributed by atoms with Crippen molar-refractivity contribution < 1.29 is 17.9 Å². The molecule has 0 spiro atoms. The number of rotatable bonds is 7. The van der Waals surface area contributed by atoms with Crippen LogP contribution in [0, 0.1) is 0 Å². The van der Waals surface area contributed by atoms with Gasteiger partial charge in [-0.1, -0.05) is 48.5 Å². The Balaban J connectivity index is 1.51. The van der Waals surface area contributed by atoms with Gasteiger partial charge in [0, 0.05) is 15.7 Å². The molecule has 3 aromatic rings. The first-order valence-electron chi connectivity index (χ1n) is 7.87. The summed E-state index contributed by atoms with van der Waals surface area (Å²) in [4.78, 5) is 11.8. The molecule has 0 aliphatic heterocycles. The third-order valence-electron chi connectivity index (χ3n) is 3.61. The molecule has 26 heavy (non-hydrogen) atoms. The van der Waals surface area contributed by atoms with Crippen LogP contribution >= 0.6 is 11.3 Å². The van der Waals surface area contributed by atoms with Gasteiger partial charge in [-0.05, 0) is 28.5 Å². The van der Waals surface area contributed by atoms with Gasteiger partial charge in [0.15, 0.2) is 0 Å². The molecule has 0 amide bonds. The zero-order chi connectivity index (χ0) is 18.4. The summed E-state index contributed by atoms with van der Waals surface area (Å²) in [6.45, 7) is -0.298. The van der Waals surface area contributed by atoms with E-state index in [9.17, 15) is 13.2 Å². The van der Waals surface area contributed by atoms with Gasteiger partial charge in [0.05, 0.1) is 0 Å². The second-order valence-corrected chi connectivity index (χ2v) is 8.06. The van der Waals surface area contributed by atoms with Crippen LogP contribution in [0.2, 0.25) is 0 Å². The van der Waals surface area contributed by atoms with Crippen molar-refractivity contribution in [2.24, 2.45) is 0 Å². The summed E-state index contributed by atoms with van der Waals surface area (Å²) in [7, 11) is -3.71. The molecule has 0 aliphatic carbocycles. The molecule has 0 bridgehead atoms. The standard InChI is InChI=1S/C19H17NO4S2/c21-19(24-13-16-14-25-18-9-5-4-8-17(16)18)12-20-26(22,23)11-10-15-6-2-1-3-7-15/h1-11,14,20H,12-13H2/b11-10+. The first-order chi connectivity index (χ1) is 12.5. The Kier molecular flexibility index (Phi) is 5.82. The Morgan fingerprint density at radius 3 is 2.62 bits per heavy atom. The number of esters is 1. The van der Waals surface area contributed by atoms with Crippen molar-refractivity contribution in [2.75, 3.05) is 6.54 Å². The number of hydrogen-bond donors (Lipinski definition) is 1. The zero-order valence-electron chi connectivity index (χ0n) is 13.8. The number of carbonyl (C=O) groups excluding carboxylic acids is 1. The van der Waals surface area contributed by atoms with Gasteiger partial charge in [-0.3, -0.25) is 4.79 Å². The zero-order valence-corrected chi connectivity index (χ0v) is 15.4. The first-order valence-corrected chi connectivity index (χ1v) is 10.3. The van der Waals surface area contributed by atoms with E-state index in [-0.39, 0.29) is 6.61 Å². The van der Waals surface area contributed by atoms with Crippen molar-refractivity contribution in [3.63, 3.8) is 0 Å². The fourth-order valence-electron chi connectivity index (χ4n) is 2.29. The van der Waals surface area contributed by atoms with Gasteiger partial charge in [-0.15, -0.1) is 11.3 Å². The van der Waals surface area contributed by atoms with Crippen molar-refractivity contribution in [3.05, 3.63) is 76.5 Å². The summed E-state index contributed by atoms with van der Waals surface area (Å²) in [6.07, 6.45) is 1.46. The van der Waals surface area contributed by atoms with Gasteiger partial charge in [0.2, 0.25) is 10.0 Å². The average Bonchev–Trinajstić information content (AvgIpc) is 3.07. The molecule has 1 aromatic heterocycles. The minimum Gasteiger partial charge on any atom is -0.460 e. The lowest BCUT2D eigenvalue weighted by Gasteiger charge is -2.05. The van der Waals surface area contributed by atoms with Crippen LogP contribution in [0.1, 0.15) is 11.1 Å². The molecule has 0 fully saturated rings. The number of nitrogens with one attached hydrogen (secondary N) is 1. The van der Waals surface area contributed by atoms with E-state index in [1.807, 2.05) is 47.8 Å². The van der Waals surface area contributed by atoms with Gasteiger partial charge < -0.3 is 4.74 Å². The maximum absolute atomic E-state index is 11.9. The third kappa shape index (κ3) is 5.01. The Labute approximate surface area is 156 Å². The second kappa shape index (κ2) is 8.27. The first kappa shape index (κ1) is 18.3. The number of ether oxygens (including phenoxy) is 1. The van der Waals surface area contributed by atoms with Gasteiger partial charge in [-0.2, -0.15) is 0 Å². The third-order valence-corrected chi connectivity index (χ3v) is 5.66. The molecule has 0 aliphatic rings. The highest BCUT2D eigenvalue weighted by molar-refractivity contribution is 7.92. The lowest BCUT2D eigenvalue weighted by atomic mass is 10.2. The van der Waals surface area contributed by atoms with Gasteiger partial charge in [0.1, 0.15) is 13.2 Å². The predicted octanol–water partition coefficient (Wildman–Crippen LogP) is 3.53. The number of sulfonamides is 1. The van der Waals surface area contributed by atoms with E-state index >= 15 is 0 Å². The van der Waals surface area contributed by atoms with Crippen molar-refractivity contribution in [1.29, 1.82) is 0 Å². The van der Waals surface area contributed by atoms with Gasteiger partial charge in [0.25, 0.3) is 0 Å². The lowest BCUT2D eigenvalue weighted by Crippen LogP contribution is -2.29. The molecule has 134 valence electrons. The lowest BCUT2D eigenvalue weighted by molar-refractivity contribution is -0.143. The van der Waals surface area contributed by atoms with Crippen molar-refractivity contribution >= 4 is 43.5 Å². The summed E-state index contributed by atoms with van der Waals surface area (Å²) >= 11 is 1.58. The topological polar surface area (TPSA) is 72.5 Å². The summed E-state index contributed by atoms with van der Waals surface area (Å²) in [5.74, 6) is -0.628. The maximum Gasteiger partial charge on any atom is 0.321 e. The SMILES string of the molecule is O=C(CNS(=O)(=O)/C=C/c1ccccc1)OCc1csc2ccccc12. The molecule has 5 nitrogen and oxygen atoms in total. The maximum atomic E-state index is 11.9. The predicted molar refractivity (Wildman–Crippen MR) is 104 cm³/mol. The van der Waals surface area contributed by atoms with Crippen LogP contribution < -0.4 is 4.72 Å².